The van der Waals surface area contributed by atoms with E-state index in [4.69, 9.17) is 16.3 Å². The molecular weight excluding hydrogens is 350 g/mol. The summed E-state index contributed by atoms with van der Waals surface area (Å²) in [5.74, 6) is 0.593. The van der Waals surface area contributed by atoms with Gasteiger partial charge in [-0.2, -0.15) is 0 Å². The molecule has 1 heterocycles. The Balaban J connectivity index is 2.40. The quantitative estimate of drug-likeness (QED) is 0.466. The molecule has 2 rings (SSSR count). The minimum Gasteiger partial charge on any atom is -0.438 e. The van der Waals surface area contributed by atoms with E-state index in [9.17, 15) is 10.1 Å². The summed E-state index contributed by atoms with van der Waals surface area (Å²) in [6.07, 6.45) is 1.87. The van der Waals surface area contributed by atoms with Crippen molar-refractivity contribution in [1.82, 2.24) is 9.97 Å². The molecule has 8 heteroatoms. The number of halogens is 2. The lowest BCUT2D eigenvalue weighted by molar-refractivity contribution is -0.385. The summed E-state index contributed by atoms with van der Waals surface area (Å²) in [6, 6.07) is 4.32. The zero-order chi connectivity index (χ0) is 14.7. The number of aromatic nitrogens is 2. The van der Waals surface area contributed by atoms with Gasteiger partial charge in [0.2, 0.25) is 5.88 Å². The fourth-order valence-corrected chi connectivity index (χ4v) is 2.30. The van der Waals surface area contributed by atoms with E-state index in [1.807, 2.05) is 6.92 Å². The van der Waals surface area contributed by atoms with Crippen LogP contribution in [-0.4, -0.2) is 14.9 Å². The molecule has 0 amide bonds. The van der Waals surface area contributed by atoms with E-state index >= 15 is 0 Å². The number of nitrogens with zero attached hydrogens (tertiary/aromatic N) is 3. The van der Waals surface area contributed by atoms with E-state index in [1.165, 1.54) is 18.5 Å². The smallest absolute Gasteiger partial charge is 0.274 e. The monoisotopic (exact) mass is 357 g/mol. The molecule has 0 radical (unpaired) electrons. The van der Waals surface area contributed by atoms with Crippen molar-refractivity contribution in [1.29, 1.82) is 0 Å². The number of hydrogen-bond acceptors (Lipinski definition) is 5. The summed E-state index contributed by atoms with van der Waals surface area (Å²) >= 11 is 9.16. The van der Waals surface area contributed by atoms with Crippen molar-refractivity contribution in [2.45, 2.75) is 13.3 Å². The lowest BCUT2D eigenvalue weighted by atomic mass is 10.2. The van der Waals surface area contributed by atoms with Crippen LogP contribution in [0.25, 0.3) is 0 Å². The van der Waals surface area contributed by atoms with Gasteiger partial charge in [0, 0.05) is 10.5 Å². The van der Waals surface area contributed by atoms with Gasteiger partial charge in [0.05, 0.1) is 16.6 Å². The van der Waals surface area contributed by atoms with Gasteiger partial charge in [-0.05, 0) is 12.5 Å². The summed E-state index contributed by atoms with van der Waals surface area (Å²) in [4.78, 5) is 18.2. The number of ether oxygens (including phenoxy) is 1. The Kier molecular flexibility index (Phi) is 4.51. The molecule has 1 aromatic heterocycles. The van der Waals surface area contributed by atoms with Crippen LogP contribution in [0.3, 0.4) is 0 Å². The van der Waals surface area contributed by atoms with Crippen LogP contribution in [0.4, 0.5) is 5.69 Å². The molecule has 20 heavy (non-hydrogen) atoms. The predicted octanol–water partition coefficient (Wildman–Crippen LogP) is 4.16. The highest BCUT2D eigenvalue weighted by molar-refractivity contribution is 9.10. The van der Waals surface area contributed by atoms with Gasteiger partial charge in [-0.1, -0.05) is 34.5 Å². The van der Waals surface area contributed by atoms with Crippen LogP contribution in [0, 0.1) is 10.1 Å². The zero-order valence-electron chi connectivity index (χ0n) is 10.3. The average Bonchev–Trinajstić information content (AvgIpc) is 2.38. The highest BCUT2D eigenvalue weighted by Crippen LogP contribution is 2.31. The maximum absolute atomic E-state index is 10.8. The van der Waals surface area contributed by atoms with Crippen LogP contribution in [0.15, 0.2) is 29.0 Å². The van der Waals surface area contributed by atoms with Gasteiger partial charge < -0.3 is 4.74 Å². The highest BCUT2D eigenvalue weighted by Gasteiger charge is 2.14. The lowest BCUT2D eigenvalue weighted by Crippen LogP contribution is -1.97. The van der Waals surface area contributed by atoms with Crippen molar-refractivity contribution in [2.24, 2.45) is 0 Å². The van der Waals surface area contributed by atoms with Gasteiger partial charge in [0.1, 0.15) is 17.2 Å². The molecule has 104 valence electrons. The van der Waals surface area contributed by atoms with E-state index in [-0.39, 0.29) is 5.69 Å². The summed E-state index contributed by atoms with van der Waals surface area (Å²) < 4.78 is 6.12. The molecule has 0 aliphatic heterocycles. The third-order valence-corrected chi connectivity index (χ3v) is 3.27. The van der Waals surface area contributed by atoms with Gasteiger partial charge in [0.15, 0.2) is 0 Å². The maximum atomic E-state index is 10.8. The van der Waals surface area contributed by atoms with Crippen LogP contribution in [-0.2, 0) is 6.42 Å². The Morgan fingerprint density at radius 1 is 1.40 bits per heavy atom. The van der Waals surface area contributed by atoms with E-state index in [0.717, 1.165) is 0 Å². The van der Waals surface area contributed by atoms with Crippen molar-refractivity contribution >= 4 is 33.2 Å². The Morgan fingerprint density at radius 2 is 2.15 bits per heavy atom. The third-order valence-electron chi connectivity index (χ3n) is 2.49. The molecule has 0 unspecified atom stereocenters. The zero-order valence-corrected chi connectivity index (χ0v) is 12.7. The predicted molar refractivity (Wildman–Crippen MR) is 77.3 cm³/mol. The minimum absolute atomic E-state index is 0.0763. The fraction of sp³-hybridized carbons (Fsp3) is 0.167. The van der Waals surface area contributed by atoms with Crippen molar-refractivity contribution in [3.8, 4) is 11.6 Å². The molecule has 0 spiro atoms. The summed E-state index contributed by atoms with van der Waals surface area (Å²) in [6.45, 7) is 1.89. The van der Waals surface area contributed by atoms with E-state index in [0.29, 0.717) is 33.2 Å². The van der Waals surface area contributed by atoms with Gasteiger partial charge in [0.25, 0.3) is 5.69 Å². The van der Waals surface area contributed by atoms with E-state index < -0.39 is 4.92 Å². The molecular formula is C12H9BrClN3O3. The molecule has 2 aromatic rings. The van der Waals surface area contributed by atoms with Gasteiger partial charge in [-0.3, -0.25) is 10.1 Å². The molecule has 0 fully saturated rings. The van der Waals surface area contributed by atoms with Gasteiger partial charge in [-0.25, -0.2) is 9.97 Å². The highest BCUT2D eigenvalue weighted by atomic mass is 79.9. The first-order valence-corrected chi connectivity index (χ1v) is 6.80. The molecule has 0 atom stereocenters. The fourth-order valence-electron chi connectivity index (χ4n) is 1.59. The van der Waals surface area contributed by atoms with Crippen molar-refractivity contribution < 1.29 is 9.66 Å². The SMILES string of the molecule is CCc1c(Cl)ncnc1Oc1cc(Br)cc([N+](=O)[O-])c1. The number of hydrogen-bond donors (Lipinski definition) is 0. The van der Waals surface area contributed by atoms with Crippen molar-refractivity contribution in [3.05, 3.63) is 49.8 Å². The number of benzene rings is 1. The van der Waals surface area contributed by atoms with Crippen LogP contribution in [0.2, 0.25) is 5.15 Å². The molecule has 0 bridgehead atoms. The second-order valence-corrected chi connectivity index (χ2v) is 5.08. The van der Waals surface area contributed by atoms with Crippen LogP contribution >= 0.6 is 27.5 Å². The van der Waals surface area contributed by atoms with Crippen LogP contribution < -0.4 is 4.74 Å². The molecule has 0 aliphatic rings. The molecule has 1 aromatic carbocycles. The maximum Gasteiger partial charge on any atom is 0.274 e. The Hall–Kier alpha value is -1.73. The second kappa shape index (κ2) is 6.15. The van der Waals surface area contributed by atoms with Crippen LogP contribution in [0.1, 0.15) is 12.5 Å². The first-order valence-electron chi connectivity index (χ1n) is 5.63. The molecule has 0 saturated carbocycles. The first-order chi connectivity index (χ1) is 9.51. The number of nitro benzene ring substituents is 1. The molecule has 0 N–H and O–H groups in total. The standard InChI is InChI=1S/C12H9BrClN3O3/c1-2-10-11(14)15-6-16-12(10)20-9-4-7(13)3-8(5-9)17(18)19/h3-6H,2H2,1H3. The molecule has 0 saturated heterocycles. The van der Waals surface area contributed by atoms with E-state index in [1.54, 1.807) is 6.07 Å². The minimum atomic E-state index is -0.495. The van der Waals surface area contributed by atoms with E-state index in [2.05, 4.69) is 25.9 Å². The Bertz CT molecular complexity index is 666. The van der Waals surface area contributed by atoms with Gasteiger partial charge >= 0.3 is 0 Å². The van der Waals surface area contributed by atoms with Gasteiger partial charge in [-0.15, -0.1) is 0 Å². The summed E-state index contributed by atoms with van der Waals surface area (Å²) in [7, 11) is 0. The van der Waals surface area contributed by atoms with Crippen molar-refractivity contribution in [2.75, 3.05) is 0 Å². The largest absolute Gasteiger partial charge is 0.438 e. The number of rotatable bonds is 4. The molecule has 0 aliphatic carbocycles. The van der Waals surface area contributed by atoms with Crippen molar-refractivity contribution in [3.63, 3.8) is 0 Å². The number of nitro groups is 1. The Morgan fingerprint density at radius 3 is 2.80 bits per heavy atom. The normalized spacial score (nSPS) is 10.3. The lowest BCUT2D eigenvalue weighted by Gasteiger charge is -2.09. The summed E-state index contributed by atoms with van der Waals surface area (Å²) in [5.41, 5.74) is 0.573. The number of non-ortho nitro benzene ring substituents is 1. The Labute approximate surface area is 128 Å². The average molecular weight is 359 g/mol. The third kappa shape index (κ3) is 3.23. The van der Waals surface area contributed by atoms with Crippen LogP contribution in [0.5, 0.6) is 11.6 Å². The topological polar surface area (TPSA) is 78.2 Å². The summed E-state index contributed by atoms with van der Waals surface area (Å²) in [5, 5.41) is 11.1. The first kappa shape index (κ1) is 14.7. The molecule has 6 nitrogen and oxygen atoms in total. The second-order valence-electron chi connectivity index (χ2n) is 3.81.